The first-order valence-corrected chi connectivity index (χ1v) is 5.05. The maximum atomic E-state index is 3.86. The van der Waals surface area contributed by atoms with Gasteiger partial charge in [-0.1, -0.05) is 49.2 Å². The van der Waals surface area contributed by atoms with Gasteiger partial charge in [-0.25, -0.2) is 0 Å². The Labute approximate surface area is 85.4 Å². The van der Waals surface area contributed by atoms with E-state index in [1.807, 2.05) is 49.6 Å². The Balaban J connectivity index is 3.88. The van der Waals surface area contributed by atoms with Crippen LogP contribution in [0.15, 0.2) is 59.4 Å². The third-order valence-corrected chi connectivity index (χ3v) is 1.95. The topological polar surface area (TPSA) is 0 Å². The van der Waals surface area contributed by atoms with Gasteiger partial charge in [-0.05, 0) is 30.9 Å². The van der Waals surface area contributed by atoms with Crippen LogP contribution in [0, 0.1) is 0 Å². The fourth-order valence-electron chi connectivity index (χ4n) is 0.704. The molecule has 0 aromatic rings. The molecule has 0 aromatic heterocycles. The third-order valence-electron chi connectivity index (χ3n) is 1.23. The van der Waals surface area contributed by atoms with Gasteiger partial charge in [0, 0.05) is 4.91 Å². The number of hydrogen-bond donors (Lipinski definition) is 0. The van der Waals surface area contributed by atoms with Crippen molar-refractivity contribution in [1.29, 1.82) is 0 Å². The molecule has 0 radical (unpaired) electrons. The van der Waals surface area contributed by atoms with E-state index in [1.165, 1.54) is 0 Å². The highest BCUT2D eigenvalue weighted by molar-refractivity contribution is 8.06. The van der Waals surface area contributed by atoms with Gasteiger partial charge >= 0.3 is 0 Å². The smallest absolute Gasteiger partial charge is 0.00406 e. The SMILES string of the molecule is C=C(/C=C\C)/C=C\SC(=C)/C=C\C. The molecular formula is C12H16S. The number of allylic oxidation sites excluding steroid dienone is 6. The van der Waals surface area contributed by atoms with E-state index in [9.17, 15) is 0 Å². The third kappa shape index (κ3) is 7.41. The molecule has 0 unspecified atom stereocenters. The van der Waals surface area contributed by atoms with Gasteiger partial charge < -0.3 is 0 Å². The van der Waals surface area contributed by atoms with Crippen LogP contribution in [0.2, 0.25) is 0 Å². The molecule has 0 nitrogen and oxygen atoms in total. The molecule has 0 N–H and O–H groups in total. The number of rotatable bonds is 5. The van der Waals surface area contributed by atoms with Crippen molar-refractivity contribution in [1.82, 2.24) is 0 Å². The Bertz CT molecular complexity index is 254. The van der Waals surface area contributed by atoms with Gasteiger partial charge in [0.25, 0.3) is 0 Å². The van der Waals surface area contributed by atoms with E-state index in [-0.39, 0.29) is 0 Å². The first-order chi connectivity index (χ1) is 6.20. The molecule has 0 aliphatic rings. The maximum Gasteiger partial charge on any atom is 0.00406 e. The van der Waals surface area contributed by atoms with Gasteiger partial charge in [-0.3, -0.25) is 0 Å². The van der Waals surface area contributed by atoms with E-state index in [1.54, 1.807) is 11.8 Å². The summed E-state index contributed by atoms with van der Waals surface area (Å²) < 4.78 is 0. The minimum absolute atomic E-state index is 1.00. The first-order valence-electron chi connectivity index (χ1n) is 4.17. The predicted molar refractivity (Wildman–Crippen MR) is 64.6 cm³/mol. The minimum atomic E-state index is 1.00. The molecule has 0 saturated carbocycles. The molecule has 0 rings (SSSR count). The molecule has 0 aliphatic heterocycles. The van der Waals surface area contributed by atoms with Crippen molar-refractivity contribution in [3.05, 3.63) is 59.4 Å². The monoisotopic (exact) mass is 192 g/mol. The van der Waals surface area contributed by atoms with E-state index in [4.69, 9.17) is 0 Å². The first kappa shape index (κ1) is 12.0. The Hall–Kier alpha value is -0.950. The Morgan fingerprint density at radius 1 is 1.00 bits per heavy atom. The summed E-state index contributed by atoms with van der Waals surface area (Å²) in [5.41, 5.74) is 1.00. The summed E-state index contributed by atoms with van der Waals surface area (Å²) in [5, 5.41) is 1.99. The molecule has 0 bridgehead atoms. The highest BCUT2D eigenvalue weighted by atomic mass is 32.2. The molecule has 70 valence electrons. The van der Waals surface area contributed by atoms with Crippen molar-refractivity contribution in [3.63, 3.8) is 0 Å². The van der Waals surface area contributed by atoms with E-state index in [2.05, 4.69) is 13.2 Å². The van der Waals surface area contributed by atoms with Crippen LogP contribution in [0.4, 0.5) is 0 Å². The normalized spacial score (nSPS) is 11.8. The van der Waals surface area contributed by atoms with Crippen LogP contribution >= 0.6 is 11.8 Å². The molecule has 0 heterocycles. The minimum Gasteiger partial charge on any atom is -0.0987 e. The molecule has 1 heteroatoms. The fraction of sp³-hybridized carbons (Fsp3) is 0.167. The average molecular weight is 192 g/mol. The van der Waals surface area contributed by atoms with E-state index in [0.717, 1.165) is 10.5 Å². The molecule has 0 fully saturated rings. The summed E-state index contributed by atoms with van der Waals surface area (Å²) in [6, 6.07) is 0. The van der Waals surface area contributed by atoms with Crippen LogP contribution in [0.3, 0.4) is 0 Å². The van der Waals surface area contributed by atoms with Crippen LogP contribution in [-0.2, 0) is 0 Å². The van der Waals surface area contributed by atoms with Crippen LogP contribution in [-0.4, -0.2) is 0 Å². The largest absolute Gasteiger partial charge is 0.0987 e. The Kier molecular flexibility index (Phi) is 7.12. The molecular weight excluding hydrogens is 176 g/mol. The summed E-state index contributed by atoms with van der Waals surface area (Å²) in [6.07, 6.45) is 9.87. The molecule has 0 aromatic carbocycles. The molecule has 0 saturated heterocycles. The van der Waals surface area contributed by atoms with Crippen molar-refractivity contribution < 1.29 is 0 Å². The zero-order chi connectivity index (χ0) is 10.1. The summed E-state index contributed by atoms with van der Waals surface area (Å²) in [5.74, 6) is 0. The summed E-state index contributed by atoms with van der Waals surface area (Å²) >= 11 is 1.60. The van der Waals surface area contributed by atoms with Crippen LogP contribution in [0.1, 0.15) is 13.8 Å². The van der Waals surface area contributed by atoms with Gasteiger partial charge in [0.2, 0.25) is 0 Å². The van der Waals surface area contributed by atoms with Crippen LogP contribution < -0.4 is 0 Å². The zero-order valence-corrected chi connectivity index (χ0v) is 9.10. The van der Waals surface area contributed by atoms with Crippen LogP contribution in [0.25, 0.3) is 0 Å². The average Bonchev–Trinajstić information content (AvgIpc) is 2.05. The summed E-state index contributed by atoms with van der Waals surface area (Å²) in [4.78, 5) is 1.03. The van der Waals surface area contributed by atoms with E-state index < -0.39 is 0 Å². The molecule has 0 amide bonds. The quantitative estimate of drug-likeness (QED) is 0.580. The summed E-state index contributed by atoms with van der Waals surface area (Å²) in [7, 11) is 0. The molecule has 0 atom stereocenters. The predicted octanol–water partition coefficient (Wildman–Crippen LogP) is 4.46. The number of thioether (sulfide) groups is 1. The Morgan fingerprint density at radius 3 is 2.15 bits per heavy atom. The van der Waals surface area contributed by atoms with E-state index in [0.29, 0.717) is 0 Å². The molecule has 0 aliphatic carbocycles. The van der Waals surface area contributed by atoms with Crippen molar-refractivity contribution in [2.45, 2.75) is 13.8 Å². The van der Waals surface area contributed by atoms with Gasteiger partial charge in [0.15, 0.2) is 0 Å². The van der Waals surface area contributed by atoms with Crippen LogP contribution in [0.5, 0.6) is 0 Å². The Morgan fingerprint density at radius 2 is 1.62 bits per heavy atom. The highest BCUT2D eigenvalue weighted by Crippen LogP contribution is 2.16. The standard InChI is InChI=1S/C12H16S/c1-5-7-11(3)9-10-13-12(4)8-6-2/h5-10H,3-4H2,1-2H3/b7-5-,8-6-,10-9-. The van der Waals surface area contributed by atoms with Crippen molar-refractivity contribution in [2.75, 3.05) is 0 Å². The van der Waals surface area contributed by atoms with Gasteiger partial charge in [-0.2, -0.15) is 0 Å². The lowest BCUT2D eigenvalue weighted by Crippen LogP contribution is -1.65. The van der Waals surface area contributed by atoms with Crippen molar-refractivity contribution in [3.8, 4) is 0 Å². The van der Waals surface area contributed by atoms with Gasteiger partial charge in [-0.15, -0.1) is 0 Å². The second-order valence-corrected chi connectivity index (χ2v) is 3.49. The fourth-order valence-corrected chi connectivity index (χ4v) is 1.34. The van der Waals surface area contributed by atoms with Crippen molar-refractivity contribution in [2.24, 2.45) is 0 Å². The molecule has 13 heavy (non-hydrogen) atoms. The zero-order valence-electron chi connectivity index (χ0n) is 8.29. The lowest BCUT2D eigenvalue weighted by molar-refractivity contribution is 1.67. The summed E-state index contributed by atoms with van der Waals surface area (Å²) in [6.45, 7) is 11.7. The molecule has 0 spiro atoms. The maximum absolute atomic E-state index is 3.86. The van der Waals surface area contributed by atoms with Gasteiger partial charge in [0.05, 0.1) is 0 Å². The lowest BCUT2D eigenvalue weighted by atomic mass is 10.3. The van der Waals surface area contributed by atoms with Crippen molar-refractivity contribution >= 4 is 11.8 Å². The number of hydrogen-bond acceptors (Lipinski definition) is 1. The van der Waals surface area contributed by atoms with Gasteiger partial charge in [0.1, 0.15) is 0 Å². The second kappa shape index (κ2) is 7.69. The lowest BCUT2D eigenvalue weighted by Gasteiger charge is -1.92. The van der Waals surface area contributed by atoms with E-state index >= 15 is 0 Å². The highest BCUT2D eigenvalue weighted by Gasteiger charge is 1.83. The second-order valence-electron chi connectivity index (χ2n) is 2.46.